The number of nitrogens with one attached hydrogen (secondary N) is 1. The number of piperazine rings is 1. The van der Waals surface area contributed by atoms with Gasteiger partial charge in [-0.05, 0) is 87.2 Å². The number of carbonyl (C=O) groups is 2. The van der Waals surface area contributed by atoms with E-state index in [1.807, 2.05) is 23.1 Å². The van der Waals surface area contributed by atoms with Gasteiger partial charge >= 0.3 is 0 Å². The van der Waals surface area contributed by atoms with E-state index in [1.54, 1.807) is 7.11 Å². The summed E-state index contributed by atoms with van der Waals surface area (Å²) in [4.78, 5) is 29.7. The first-order chi connectivity index (χ1) is 16.5. The van der Waals surface area contributed by atoms with Crippen molar-refractivity contribution in [2.24, 2.45) is 23.2 Å². The molecule has 186 valence electrons. The molecule has 6 rings (SSSR count). The van der Waals surface area contributed by atoms with Crippen LogP contribution < -0.4 is 15.0 Å². The zero-order chi connectivity index (χ0) is 23.7. The van der Waals surface area contributed by atoms with Gasteiger partial charge in [-0.3, -0.25) is 9.59 Å². The predicted molar refractivity (Wildman–Crippen MR) is 134 cm³/mol. The first kappa shape index (κ1) is 23.5. The number of methoxy groups -OCH3 is 1. The highest BCUT2D eigenvalue weighted by Crippen LogP contribution is 2.61. The second-order valence-electron chi connectivity index (χ2n) is 11.5. The molecular formula is C28H41N3O3. The van der Waals surface area contributed by atoms with Crippen LogP contribution in [0.5, 0.6) is 5.75 Å². The Morgan fingerprint density at radius 3 is 2.24 bits per heavy atom. The second-order valence-corrected chi connectivity index (χ2v) is 11.5. The molecule has 1 N–H and O–H groups in total. The molecule has 5 fully saturated rings. The van der Waals surface area contributed by atoms with Gasteiger partial charge in [0, 0.05) is 45.1 Å². The third-order valence-electron chi connectivity index (χ3n) is 9.23. The molecule has 1 aromatic carbocycles. The molecule has 1 aromatic rings. The summed E-state index contributed by atoms with van der Waals surface area (Å²) in [5.74, 6) is 3.85. The van der Waals surface area contributed by atoms with Crippen LogP contribution in [-0.4, -0.2) is 56.0 Å². The molecule has 5 aliphatic rings. The molecule has 4 bridgehead atoms. The highest BCUT2D eigenvalue weighted by Gasteiger charge is 2.53. The molecule has 1 atom stereocenters. The van der Waals surface area contributed by atoms with Crippen LogP contribution in [0.25, 0.3) is 0 Å². The van der Waals surface area contributed by atoms with Gasteiger partial charge in [0.05, 0.1) is 12.8 Å². The average Bonchev–Trinajstić information content (AvgIpc) is 2.83. The molecule has 1 saturated heterocycles. The van der Waals surface area contributed by atoms with Gasteiger partial charge in [-0.25, -0.2) is 0 Å². The van der Waals surface area contributed by atoms with Crippen LogP contribution in [0.4, 0.5) is 5.69 Å². The number of amides is 2. The standard InChI is InChI=1S/C28H41N3O3/c1-20(28-17-21-14-22(18-28)16-23(15-21)19-28)29-26(32)8-5-9-27(33)31-12-10-30(11-13-31)24-6-3-4-7-25(24)34-2/h3-4,6-7,20-23H,5,8-19H2,1-2H3,(H,29,32)/t20-,21?,22?,23?,28?/m0/s1. The lowest BCUT2D eigenvalue weighted by molar-refractivity contribution is -0.131. The number of carbonyl (C=O) groups excluding carboxylic acids is 2. The van der Waals surface area contributed by atoms with E-state index in [9.17, 15) is 9.59 Å². The minimum absolute atomic E-state index is 0.122. The lowest BCUT2D eigenvalue weighted by Gasteiger charge is -2.59. The smallest absolute Gasteiger partial charge is 0.222 e. The minimum Gasteiger partial charge on any atom is -0.495 e. The molecule has 0 radical (unpaired) electrons. The van der Waals surface area contributed by atoms with Crippen LogP contribution in [0.3, 0.4) is 0 Å². The third-order valence-corrected chi connectivity index (χ3v) is 9.23. The van der Waals surface area contributed by atoms with Gasteiger partial charge in [-0.2, -0.15) is 0 Å². The van der Waals surface area contributed by atoms with Crippen molar-refractivity contribution in [2.75, 3.05) is 38.2 Å². The van der Waals surface area contributed by atoms with Crippen molar-refractivity contribution >= 4 is 17.5 Å². The lowest BCUT2D eigenvalue weighted by Crippen LogP contribution is -2.55. The number of benzene rings is 1. The fourth-order valence-electron chi connectivity index (χ4n) is 7.82. The van der Waals surface area contributed by atoms with Crippen molar-refractivity contribution in [1.82, 2.24) is 10.2 Å². The van der Waals surface area contributed by atoms with Crippen molar-refractivity contribution in [2.45, 2.75) is 70.8 Å². The number of hydrogen-bond donors (Lipinski definition) is 1. The van der Waals surface area contributed by atoms with E-state index in [0.29, 0.717) is 37.8 Å². The number of rotatable bonds is 8. The summed E-state index contributed by atoms with van der Waals surface area (Å²) in [6, 6.07) is 8.29. The fraction of sp³-hybridized carbons (Fsp3) is 0.714. The Hall–Kier alpha value is -2.24. The van der Waals surface area contributed by atoms with E-state index in [-0.39, 0.29) is 17.9 Å². The Morgan fingerprint density at radius 2 is 1.62 bits per heavy atom. The Morgan fingerprint density at radius 1 is 1.00 bits per heavy atom. The molecule has 4 saturated carbocycles. The molecule has 6 heteroatoms. The quantitative estimate of drug-likeness (QED) is 0.621. The second kappa shape index (κ2) is 9.79. The summed E-state index contributed by atoms with van der Waals surface area (Å²) in [6.45, 7) is 5.26. The summed E-state index contributed by atoms with van der Waals surface area (Å²) < 4.78 is 5.48. The van der Waals surface area contributed by atoms with Gasteiger partial charge in [0.1, 0.15) is 5.75 Å². The van der Waals surface area contributed by atoms with Crippen molar-refractivity contribution in [3.05, 3.63) is 24.3 Å². The van der Waals surface area contributed by atoms with Crippen LogP contribution >= 0.6 is 0 Å². The van der Waals surface area contributed by atoms with Gasteiger partial charge in [-0.15, -0.1) is 0 Å². The molecule has 2 amide bonds. The summed E-state index contributed by atoms with van der Waals surface area (Å²) in [7, 11) is 1.69. The number of anilines is 1. The van der Waals surface area contributed by atoms with Crippen LogP contribution in [0.2, 0.25) is 0 Å². The average molecular weight is 468 g/mol. The normalized spacial score (nSPS) is 30.8. The van der Waals surface area contributed by atoms with E-state index >= 15 is 0 Å². The predicted octanol–water partition coefficient (Wildman–Crippen LogP) is 4.24. The molecule has 0 unspecified atom stereocenters. The highest BCUT2D eigenvalue weighted by atomic mass is 16.5. The zero-order valence-electron chi connectivity index (χ0n) is 20.9. The number of nitrogens with zero attached hydrogens (tertiary/aromatic N) is 2. The van der Waals surface area contributed by atoms with Gasteiger partial charge < -0.3 is 19.9 Å². The van der Waals surface area contributed by atoms with E-state index in [1.165, 1.54) is 38.5 Å². The van der Waals surface area contributed by atoms with Crippen molar-refractivity contribution in [3.8, 4) is 5.75 Å². The molecule has 4 aliphatic carbocycles. The molecule has 1 heterocycles. The maximum absolute atomic E-state index is 12.7. The van der Waals surface area contributed by atoms with E-state index in [4.69, 9.17) is 4.74 Å². The van der Waals surface area contributed by atoms with Crippen LogP contribution in [0, 0.1) is 23.2 Å². The van der Waals surface area contributed by atoms with Crippen molar-refractivity contribution in [3.63, 3.8) is 0 Å². The minimum atomic E-state index is 0.122. The number of ether oxygens (including phenoxy) is 1. The highest BCUT2D eigenvalue weighted by molar-refractivity contribution is 5.79. The summed E-state index contributed by atoms with van der Waals surface area (Å²) in [6.07, 6.45) is 9.72. The molecule has 0 aromatic heterocycles. The zero-order valence-corrected chi connectivity index (χ0v) is 20.9. The maximum Gasteiger partial charge on any atom is 0.222 e. The van der Waals surface area contributed by atoms with Gasteiger partial charge in [-0.1, -0.05) is 12.1 Å². The van der Waals surface area contributed by atoms with Crippen LogP contribution in [-0.2, 0) is 9.59 Å². The molecule has 34 heavy (non-hydrogen) atoms. The fourth-order valence-corrected chi connectivity index (χ4v) is 7.82. The van der Waals surface area contributed by atoms with Gasteiger partial charge in [0.15, 0.2) is 0 Å². The van der Waals surface area contributed by atoms with E-state index in [0.717, 1.165) is 42.3 Å². The van der Waals surface area contributed by atoms with E-state index in [2.05, 4.69) is 23.2 Å². The summed E-state index contributed by atoms with van der Waals surface area (Å²) in [5, 5.41) is 3.34. The summed E-state index contributed by atoms with van der Waals surface area (Å²) >= 11 is 0. The van der Waals surface area contributed by atoms with Crippen molar-refractivity contribution < 1.29 is 14.3 Å². The van der Waals surface area contributed by atoms with Gasteiger partial charge in [0.25, 0.3) is 0 Å². The first-order valence-corrected chi connectivity index (χ1v) is 13.4. The number of para-hydroxylation sites is 2. The molecular weight excluding hydrogens is 426 g/mol. The molecule has 0 spiro atoms. The molecule has 6 nitrogen and oxygen atoms in total. The topological polar surface area (TPSA) is 61.9 Å². The van der Waals surface area contributed by atoms with E-state index < -0.39 is 0 Å². The van der Waals surface area contributed by atoms with Gasteiger partial charge in [0.2, 0.25) is 11.8 Å². The monoisotopic (exact) mass is 467 g/mol. The SMILES string of the molecule is COc1ccccc1N1CCN(C(=O)CCCC(=O)N[C@@H](C)C23CC4CC(CC(C4)C2)C3)CC1. The Kier molecular flexibility index (Phi) is 6.76. The largest absolute Gasteiger partial charge is 0.495 e. The third kappa shape index (κ3) is 4.78. The first-order valence-electron chi connectivity index (χ1n) is 13.4. The number of hydrogen-bond acceptors (Lipinski definition) is 4. The Balaban J connectivity index is 1.04. The summed E-state index contributed by atoms with van der Waals surface area (Å²) in [5.41, 5.74) is 1.42. The van der Waals surface area contributed by atoms with Crippen molar-refractivity contribution in [1.29, 1.82) is 0 Å². The maximum atomic E-state index is 12.7. The molecule has 1 aliphatic heterocycles. The Labute approximate surface area is 204 Å². The lowest BCUT2D eigenvalue weighted by atomic mass is 9.48. The van der Waals surface area contributed by atoms with Crippen LogP contribution in [0.15, 0.2) is 24.3 Å². The van der Waals surface area contributed by atoms with Crippen LogP contribution in [0.1, 0.15) is 64.7 Å². The Bertz CT molecular complexity index is 857.